The van der Waals surface area contributed by atoms with Gasteiger partial charge in [-0.15, -0.1) is 0 Å². The lowest BCUT2D eigenvalue weighted by atomic mass is 10.3. The molecule has 0 amide bonds. The van der Waals surface area contributed by atoms with Crippen molar-refractivity contribution >= 4 is 0 Å². The summed E-state index contributed by atoms with van der Waals surface area (Å²) in [6.07, 6.45) is -1.14. The van der Waals surface area contributed by atoms with Gasteiger partial charge in [-0.1, -0.05) is 0 Å². The highest BCUT2D eigenvalue weighted by Crippen LogP contribution is 2.20. The van der Waals surface area contributed by atoms with E-state index >= 15 is 0 Å². The van der Waals surface area contributed by atoms with E-state index in [4.69, 9.17) is 10.8 Å². The van der Waals surface area contributed by atoms with E-state index in [9.17, 15) is 4.39 Å². The largest absolute Gasteiger partial charge is 0.390 e. The fraction of sp³-hybridized carbons (Fsp3) is 1.00. The van der Waals surface area contributed by atoms with Crippen LogP contribution in [0.5, 0.6) is 0 Å². The first-order chi connectivity index (χ1) is 3.70. The molecule has 0 bridgehead atoms. The lowest BCUT2D eigenvalue weighted by molar-refractivity contribution is 0.103. The van der Waals surface area contributed by atoms with Crippen molar-refractivity contribution in [2.45, 2.75) is 31.2 Å². The van der Waals surface area contributed by atoms with Crippen molar-refractivity contribution in [1.29, 1.82) is 0 Å². The zero-order valence-electron chi connectivity index (χ0n) is 4.55. The Balaban J connectivity index is 2.39. The van der Waals surface area contributed by atoms with Crippen LogP contribution in [-0.2, 0) is 0 Å². The van der Waals surface area contributed by atoms with Gasteiger partial charge in [-0.25, -0.2) is 4.39 Å². The van der Waals surface area contributed by atoms with Crippen molar-refractivity contribution in [3.05, 3.63) is 0 Å². The second kappa shape index (κ2) is 1.99. The summed E-state index contributed by atoms with van der Waals surface area (Å²) >= 11 is 0. The molecule has 0 heterocycles. The maximum absolute atomic E-state index is 12.2. The number of hydrogen-bond acceptors (Lipinski definition) is 2. The first-order valence-corrected chi connectivity index (χ1v) is 2.78. The predicted octanol–water partition coefficient (Wildman–Crippen LogP) is -0.194. The summed E-state index contributed by atoms with van der Waals surface area (Å²) in [6, 6.07) is -0.125. The second-order valence-corrected chi connectivity index (χ2v) is 2.31. The minimum atomic E-state index is -1.08. The molecule has 1 saturated carbocycles. The number of alkyl halides is 1. The number of aliphatic hydroxyl groups is 1. The molecule has 48 valence electrons. The maximum atomic E-state index is 12.2. The Morgan fingerprint density at radius 2 is 2.12 bits per heavy atom. The highest BCUT2D eigenvalue weighted by atomic mass is 19.1. The van der Waals surface area contributed by atoms with Gasteiger partial charge >= 0.3 is 0 Å². The molecule has 0 spiro atoms. The van der Waals surface area contributed by atoms with Crippen molar-refractivity contribution in [2.75, 3.05) is 0 Å². The normalized spacial score (nSPS) is 47.6. The number of nitrogens with two attached hydrogens (primary N) is 1. The molecule has 1 rings (SSSR count). The van der Waals surface area contributed by atoms with E-state index in [0.29, 0.717) is 12.8 Å². The van der Waals surface area contributed by atoms with Crippen LogP contribution in [0, 0.1) is 0 Å². The predicted molar refractivity (Wildman–Crippen MR) is 28.1 cm³/mol. The minimum Gasteiger partial charge on any atom is -0.390 e. The average Bonchev–Trinajstić information content (AvgIpc) is 1.85. The summed E-state index contributed by atoms with van der Waals surface area (Å²) in [5, 5.41) is 8.71. The molecule has 1 fully saturated rings. The molecule has 3 heteroatoms. The van der Waals surface area contributed by atoms with Gasteiger partial charge in [-0.05, 0) is 12.8 Å². The third-order valence-corrected chi connectivity index (χ3v) is 1.49. The molecule has 0 saturated heterocycles. The number of halogens is 1. The van der Waals surface area contributed by atoms with E-state index < -0.39 is 12.3 Å². The zero-order chi connectivity index (χ0) is 6.15. The summed E-state index contributed by atoms with van der Waals surface area (Å²) in [7, 11) is 0. The summed E-state index contributed by atoms with van der Waals surface area (Å²) in [5.41, 5.74) is 5.32. The molecular formula is C5H10FNO. The molecule has 0 radical (unpaired) electrons. The smallest absolute Gasteiger partial charge is 0.127 e. The molecule has 3 N–H and O–H groups in total. The third kappa shape index (κ3) is 0.980. The Labute approximate surface area is 47.5 Å². The van der Waals surface area contributed by atoms with Crippen LogP contribution in [0.2, 0.25) is 0 Å². The fourth-order valence-electron chi connectivity index (χ4n) is 1.00. The fourth-order valence-corrected chi connectivity index (χ4v) is 1.00. The topological polar surface area (TPSA) is 46.2 Å². The Morgan fingerprint density at radius 3 is 2.25 bits per heavy atom. The highest BCUT2D eigenvalue weighted by Gasteiger charge is 2.30. The Kier molecular flexibility index (Phi) is 1.49. The van der Waals surface area contributed by atoms with Gasteiger partial charge < -0.3 is 10.8 Å². The van der Waals surface area contributed by atoms with Crippen LogP contribution in [0.1, 0.15) is 12.8 Å². The summed E-state index contributed by atoms with van der Waals surface area (Å²) in [4.78, 5) is 0. The molecular weight excluding hydrogens is 109 g/mol. The quantitative estimate of drug-likeness (QED) is 0.464. The van der Waals surface area contributed by atoms with Crippen molar-refractivity contribution in [1.82, 2.24) is 0 Å². The monoisotopic (exact) mass is 119 g/mol. The standard InChI is InChI=1S/C5H10FNO/c6-4-1-3(7)2-5(4)8/h3-5,8H,1-2,7H2/t3-,4+,5+/m1/s1. The van der Waals surface area contributed by atoms with E-state index in [-0.39, 0.29) is 6.04 Å². The Bertz CT molecular complexity index is 78.5. The van der Waals surface area contributed by atoms with E-state index in [1.807, 2.05) is 0 Å². The Hall–Kier alpha value is -0.150. The lowest BCUT2D eigenvalue weighted by Crippen LogP contribution is -2.15. The lowest BCUT2D eigenvalue weighted by Gasteiger charge is -1.99. The molecule has 0 aromatic rings. The minimum absolute atomic E-state index is 0.125. The van der Waals surface area contributed by atoms with Gasteiger partial charge in [0.2, 0.25) is 0 Å². The van der Waals surface area contributed by atoms with Gasteiger partial charge in [-0.2, -0.15) is 0 Å². The van der Waals surface area contributed by atoms with Crippen LogP contribution in [0.3, 0.4) is 0 Å². The van der Waals surface area contributed by atoms with Gasteiger partial charge in [0.1, 0.15) is 6.17 Å². The summed E-state index contributed by atoms with van der Waals surface area (Å²) in [5.74, 6) is 0. The van der Waals surface area contributed by atoms with Crippen LogP contribution in [0.15, 0.2) is 0 Å². The van der Waals surface area contributed by atoms with Gasteiger partial charge in [0, 0.05) is 6.04 Å². The number of rotatable bonds is 0. The molecule has 3 atom stereocenters. The van der Waals surface area contributed by atoms with Crippen LogP contribution in [0.25, 0.3) is 0 Å². The van der Waals surface area contributed by atoms with Gasteiger partial charge in [0.05, 0.1) is 6.10 Å². The first-order valence-electron chi connectivity index (χ1n) is 2.78. The average molecular weight is 119 g/mol. The number of hydrogen-bond donors (Lipinski definition) is 2. The second-order valence-electron chi connectivity index (χ2n) is 2.31. The van der Waals surface area contributed by atoms with Crippen molar-refractivity contribution in [3.8, 4) is 0 Å². The molecule has 2 nitrogen and oxygen atoms in total. The van der Waals surface area contributed by atoms with Crippen molar-refractivity contribution < 1.29 is 9.50 Å². The highest BCUT2D eigenvalue weighted by molar-refractivity contribution is 4.84. The van der Waals surface area contributed by atoms with E-state index in [1.165, 1.54) is 0 Å². The first kappa shape index (κ1) is 5.98. The Morgan fingerprint density at radius 1 is 1.50 bits per heavy atom. The van der Waals surface area contributed by atoms with Crippen molar-refractivity contribution in [2.24, 2.45) is 5.73 Å². The van der Waals surface area contributed by atoms with Gasteiger partial charge in [0.15, 0.2) is 0 Å². The van der Waals surface area contributed by atoms with Crippen LogP contribution in [0.4, 0.5) is 4.39 Å². The zero-order valence-corrected chi connectivity index (χ0v) is 4.55. The summed E-state index contributed by atoms with van der Waals surface area (Å²) < 4.78 is 12.2. The van der Waals surface area contributed by atoms with E-state index in [1.54, 1.807) is 0 Å². The number of aliphatic hydroxyl groups excluding tert-OH is 1. The maximum Gasteiger partial charge on any atom is 0.127 e. The van der Waals surface area contributed by atoms with E-state index in [0.717, 1.165) is 0 Å². The molecule has 1 aliphatic rings. The van der Waals surface area contributed by atoms with E-state index in [2.05, 4.69) is 0 Å². The van der Waals surface area contributed by atoms with Crippen LogP contribution < -0.4 is 5.73 Å². The SMILES string of the molecule is N[C@H]1C[C@H](O)[C@@H](F)C1. The van der Waals surface area contributed by atoms with Crippen LogP contribution >= 0.6 is 0 Å². The molecule has 0 aromatic heterocycles. The molecule has 1 aliphatic carbocycles. The van der Waals surface area contributed by atoms with Crippen molar-refractivity contribution in [3.63, 3.8) is 0 Å². The molecule has 0 aliphatic heterocycles. The summed E-state index contributed by atoms with van der Waals surface area (Å²) in [6.45, 7) is 0. The third-order valence-electron chi connectivity index (χ3n) is 1.49. The van der Waals surface area contributed by atoms with Gasteiger partial charge in [0.25, 0.3) is 0 Å². The molecule has 8 heavy (non-hydrogen) atoms. The molecule has 0 unspecified atom stereocenters. The van der Waals surface area contributed by atoms with Gasteiger partial charge in [-0.3, -0.25) is 0 Å². The van der Waals surface area contributed by atoms with Crippen LogP contribution in [-0.4, -0.2) is 23.4 Å². The molecule has 0 aromatic carbocycles.